The van der Waals surface area contributed by atoms with Gasteiger partial charge in [0.15, 0.2) is 0 Å². The number of halogens is 1. The third kappa shape index (κ3) is 3.74. The predicted molar refractivity (Wildman–Crippen MR) is 102 cm³/mol. The number of hydrogen-bond acceptors (Lipinski definition) is 7. The summed E-state index contributed by atoms with van der Waals surface area (Å²) in [6.45, 7) is 1.98. The monoisotopic (exact) mass is 390 g/mol. The van der Waals surface area contributed by atoms with Crippen molar-refractivity contribution in [3.05, 3.63) is 46.4 Å². The van der Waals surface area contributed by atoms with Gasteiger partial charge in [-0.1, -0.05) is 0 Å². The smallest absolute Gasteiger partial charge is 0.414 e. The molecule has 1 saturated heterocycles. The largest absolute Gasteiger partial charge is 0.441 e. The lowest BCUT2D eigenvalue weighted by molar-refractivity contribution is 0.0963. The molecule has 0 spiro atoms. The van der Waals surface area contributed by atoms with E-state index < -0.39 is 18.0 Å². The van der Waals surface area contributed by atoms with E-state index in [1.807, 2.05) is 10.4 Å². The SMILES string of the molecule is O=C1OC(CO)CN1c1ccc(N2C=NN(Cc3ccsc3)CC2)c(F)c1. The van der Waals surface area contributed by atoms with Crippen LogP contribution in [0.25, 0.3) is 0 Å². The Bertz CT molecular complexity index is 845. The Labute approximate surface area is 159 Å². The van der Waals surface area contributed by atoms with E-state index in [-0.39, 0.29) is 13.2 Å². The van der Waals surface area contributed by atoms with Gasteiger partial charge in [0.1, 0.15) is 18.3 Å². The lowest BCUT2D eigenvalue weighted by atomic mass is 10.2. The van der Waals surface area contributed by atoms with Crippen molar-refractivity contribution in [3.63, 3.8) is 0 Å². The fourth-order valence-electron chi connectivity index (χ4n) is 3.09. The van der Waals surface area contributed by atoms with Gasteiger partial charge in [0.05, 0.1) is 37.6 Å². The second kappa shape index (κ2) is 7.53. The molecule has 1 N–H and O–H groups in total. The summed E-state index contributed by atoms with van der Waals surface area (Å²) in [5.74, 6) is -0.439. The number of carbonyl (C=O) groups is 1. The quantitative estimate of drug-likeness (QED) is 0.850. The number of rotatable bonds is 5. The molecule has 0 saturated carbocycles. The molecule has 27 heavy (non-hydrogen) atoms. The third-order valence-corrected chi connectivity index (χ3v) is 5.26. The molecule has 2 aliphatic rings. The Morgan fingerprint density at radius 1 is 1.33 bits per heavy atom. The number of nitrogens with zero attached hydrogens (tertiary/aromatic N) is 4. The standard InChI is InChI=1S/C18H19FN4O3S/c19-16-7-14(23-9-15(10-24)26-18(23)25)1-2-17(16)21-4-5-22(20-12-21)8-13-3-6-27-11-13/h1-3,6-7,11-12,15,24H,4-5,8-10H2. The van der Waals surface area contributed by atoms with E-state index in [1.54, 1.807) is 34.7 Å². The molecule has 1 unspecified atom stereocenters. The lowest BCUT2D eigenvalue weighted by Crippen LogP contribution is -2.38. The van der Waals surface area contributed by atoms with Gasteiger partial charge in [-0.25, -0.2) is 9.18 Å². The van der Waals surface area contributed by atoms with E-state index in [9.17, 15) is 9.18 Å². The van der Waals surface area contributed by atoms with Crippen LogP contribution in [0.3, 0.4) is 0 Å². The van der Waals surface area contributed by atoms with Crippen molar-refractivity contribution in [2.45, 2.75) is 12.6 Å². The zero-order valence-corrected chi connectivity index (χ0v) is 15.3. The molecule has 0 radical (unpaired) electrons. The molecule has 1 aromatic heterocycles. The minimum Gasteiger partial charge on any atom is -0.441 e. The van der Waals surface area contributed by atoms with Gasteiger partial charge in [-0.05, 0) is 40.6 Å². The number of cyclic esters (lactones) is 1. The van der Waals surface area contributed by atoms with Crippen LogP contribution in [0.5, 0.6) is 0 Å². The summed E-state index contributed by atoms with van der Waals surface area (Å²) in [5, 5.41) is 19.6. The van der Waals surface area contributed by atoms with Crippen LogP contribution in [0.2, 0.25) is 0 Å². The second-order valence-corrected chi connectivity index (χ2v) is 7.16. The first-order valence-electron chi connectivity index (χ1n) is 8.59. The van der Waals surface area contributed by atoms with Gasteiger partial charge in [0.25, 0.3) is 0 Å². The molecule has 7 nitrogen and oxygen atoms in total. The normalized spacial score (nSPS) is 19.7. The maximum absolute atomic E-state index is 14.7. The summed E-state index contributed by atoms with van der Waals surface area (Å²) in [6.07, 6.45) is 0.466. The molecule has 2 aliphatic heterocycles. The van der Waals surface area contributed by atoms with Gasteiger partial charge in [0.2, 0.25) is 0 Å². The summed E-state index contributed by atoms with van der Waals surface area (Å²) in [4.78, 5) is 14.9. The maximum atomic E-state index is 14.7. The first kappa shape index (κ1) is 17.7. The minimum absolute atomic E-state index is 0.205. The average Bonchev–Trinajstić information content (AvgIpc) is 3.32. The molecule has 1 atom stereocenters. The number of anilines is 2. The van der Waals surface area contributed by atoms with Gasteiger partial charge in [-0.15, -0.1) is 0 Å². The van der Waals surface area contributed by atoms with E-state index in [0.29, 0.717) is 24.5 Å². The number of ether oxygens (including phenoxy) is 1. The van der Waals surface area contributed by atoms with E-state index >= 15 is 0 Å². The van der Waals surface area contributed by atoms with Gasteiger partial charge in [-0.2, -0.15) is 16.4 Å². The van der Waals surface area contributed by atoms with Crippen molar-refractivity contribution in [2.24, 2.45) is 5.10 Å². The topological polar surface area (TPSA) is 68.6 Å². The van der Waals surface area contributed by atoms with Gasteiger partial charge < -0.3 is 14.7 Å². The first-order chi connectivity index (χ1) is 13.1. The number of amides is 1. The van der Waals surface area contributed by atoms with Gasteiger partial charge >= 0.3 is 6.09 Å². The molecule has 0 bridgehead atoms. The van der Waals surface area contributed by atoms with Crippen LogP contribution in [-0.2, 0) is 11.3 Å². The maximum Gasteiger partial charge on any atom is 0.414 e. The van der Waals surface area contributed by atoms with Crippen molar-refractivity contribution >= 4 is 35.1 Å². The number of hydrazone groups is 1. The number of hydrogen-bond donors (Lipinski definition) is 1. The number of aliphatic hydroxyl groups is 1. The number of thiophene rings is 1. The number of carbonyl (C=O) groups excluding carboxylic acids is 1. The van der Waals surface area contributed by atoms with Crippen molar-refractivity contribution < 1.29 is 19.0 Å². The van der Waals surface area contributed by atoms with Crippen molar-refractivity contribution in [1.29, 1.82) is 0 Å². The Morgan fingerprint density at radius 2 is 2.22 bits per heavy atom. The van der Waals surface area contributed by atoms with Crippen molar-refractivity contribution in [2.75, 3.05) is 36.0 Å². The molecule has 0 aliphatic carbocycles. The summed E-state index contributed by atoms with van der Waals surface area (Å²) in [7, 11) is 0. The van der Waals surface area contributed by atoms with Crippen LogP contribution in [-0.4, -0.2) is 54.9 Å². The fourth-order valence-corrected chi connectivity index (χ4v) is 3.75. The van der Waals surface area contributed by atoms with E-state index in [0.717, 1.165) is 6.54 Å². The lowest BCUT2D eigenvalue weighted by Gasteiger charge is -2.30. The molecule has 1 aromatic carbocycles. The van der Waals surface area contributed by atoms with Crippen LogP contribution < -0.4 is 9.80 Å². The first-order valence-corrected chi connectivity index (χ1v) is 9.53. The van der Waals surface area contributed by atoms with Crippen LogP contribution in [0.1, 0.15) is 5.56 Å². The minimum atomic E-state index is -0.580. The molecule has 4 rings (SSSR count). The van der Waals surface area contributed by atoms with Crippen LogP contribution in [0.4, 0.5) is 20.6 Å². The summed E-state index contributed by atoms with van der Waals surface area (Å²) in [6, 6.07) is 6.67. The molecule has 1 fully saturated rings. The number of aliphatic hydroxyl groups excluding tert-OH is 1. The van der Waals surface area contributed by atoms with Crippen LogP contribution in [0, 0.1) is 5.82 Å². The average molecular weight is 390 g/mol. The second-order valence-electron chi connectivity index (χ2n) is 6.38. The van der Waals surface area contributed by atoms with Crippen LogP contribution >= 0.6 is 11.3 Å². The van der Waals surface area contributed by atoms with Gasteiger partial charge in [-0.3, -0.25) is 9.91 Å². The molecule has 3 heterocycles. The fraction of sp³-hybridized carbons (Fsp3) is 0.333. The highest BCUT2D eigenvalue weighted by Crippen LogP contribution is 2.28. The Kier molecular flexibility index (Phi) is 4.95. The summed E-state index contributed by atoms with van der Waals surface area (Å²) >= 11 is 1.65. The van der Waals surface area contributed by atoms with E-state index in [2.05, 4.69) is 16.5 Å². The van der Waals surface area contributed by atoms with Crippen molar-refractivity contribution in [3.8, 4) is 0 Å². The highest BCUT2D eigenvalue weighted by atomic mass is 32.1. The molecule has 142 valence electrons. The predicted octanol–water partition coefficient (Wildman–Crippen LogP) is 2.47. The zero-order valence-electron chi connectivity index (χ0n) is 14.5. The molecule has 1 amide bonds. The zero-order chi connectivity index (χ0) is 18.8. The molecular formula is C18H19FN4O3S. The Hall–Kier alpha value is -2.65. The van der Waals surface area contributed by atoms with E-state index in [4.69, 9.17) is 9.84 Å². The molecule has 2 aromatic rings. The Balaban J connectivity index is 1.45. The highest BCUT2D eigenvalue weighted by Gasteiger charge is 2.32. The number of benzene rings is 1. The van der Waals surface area contributed by atoms with Crippen molar-refractivity contribution in [1.82, 2.24) is 5.01 Å². The Morgan fingerprint density at radius 3 is 2.85 bits per heavy atom. The summed E-state index contributed by atoms with van der Waals surface area (Å²) in [5.41, 5.74) is 2.02. The highest BCUT2D eigenvalue weighted by molar-refractivity contribution is 7.07. The van der Waals surface area contributed by atoms with Crippen LogP contribution in [0.15, 0.2) is 40.1 Å². The summed E-state index contributed by atoms with van der Waals surface area (Å²) < 4.78 is 19.6. The molecular weight excluding hydrogens is 371 g/mol. The molecule has 9 heteroatoms. The third-order valence-electron chi connectivity index (χ3n) is 4.53. The van der Waals surface area contributed by atoms with E-state index in [1.165, 1.54) is 16.5 Å². The van der Waals surface area contributed by atoms with Gasteiger partial charge in [0, 0.05) is 6.54 Å².